The van der Waals surface area contributed by atoms with E-state index in [1.54, 1.807) is 18.4 Å². The van der Waals surface area contributed by atoms with Crippen molar-refractivity contribution in [2.75, 3.05) is 0 Å². The highest BCUT2D eigenvalue weighted by Crippen LogP contribution is 2.34. The molecule has 1 aromatic heterocycles. The zero-order valence-electron chi connectivity index (χ0n) is 8.55. The topological polar surface area (TPSA) is 39.4 Å². The maximum Gasteiger partial charge on any atom is 0.170 e. The number of benzene rings is 1. The van der Waals surface area contributed by atoms with Crippen LogP contribution < -0.4 is 4.74 Å². The number of ether oxygens (including phenoxy) is 1. The monoisotopic (exact) mass is 214 g/mol. The summed E-state index contributed by atoms with van der Waals surface area (Å²) in [6.45, 7) is 0. The Hall–Kier alpha value is -2.03. The van der Waals surface area contributed by atoms with E-state index in [0.29, 0.717) is 23.5 Å². The lowest BCUT2D eigenvalue weighted by molar-refractivity contribution is 0.0817. The summed E-state index contributed by atoms with van der Waals surface area (Å²) in [7, 11) is 0. The summed E-state index contributed by atoms with van der Waals surface area (Å²) in [4.78, 5) is 11.9. The molecule has 2 aromatic rings. The van der Waals surface area contributed by atoms with Crippen molar-refractivity contribution >= 4 is 5.78 Å². The number of hydrogen-bond acceptors (Lipinski definition) is 3. The van der Waals surface area contributed by atoms with Gasteiger partial charge in [0.2, 0.25) is 0 Å². The van der Waals surface area contributed by atoms with Crippen LogP contribution in [-0.2, 0) is 0 Å². The summed E-state index contributed by atoms with van der Waals surface area (Å²) in [5, 5.41) is 0. The molecule has 0 amide bonds. The second-order valence-corrected chi connectivity index (χ2v) is 3.75. The molecule has 0 bridgehead atoms. The normalized spacial score (nSPS) is 19.0. The van der Waals surface area contributed by atoms with Gasteiger partial charge in [0.1, 0.15) is 11.5 Å². The molecule has 3 heteroatoms. The number of para-hydroxylation sites is 1. The Morgan fingerprint density at radius 2 is 2.00 bits per heavy atom. The lowest BCUT2D eigenvalue weighted by atomic mass is 10.00. The zero-order valence-corrected chi connectivity index (χ0v) is 8.55. The number of fused-ring (bicyclic) bond motifs is 1. The highest BCUT2D eigenvalue weighted by Gasteiger charge is 2.28. The molecule has 3 rings (SSSR count). The number of rotatable bonds is 1. The van der Waals surface area contributed by atoms with Crippen LogP contribution in [0.25, 0.3) is 0 Å². The van der Waals surface area contributed by atoms with Gasteiger partial charge in [0.25, 0.3) is 0 Å². The van der Waals surface area contributed by atoms with E-state index in [0.717, 1.165) is 0 Å². The van der Waals surface area contributed by atoms with Crippen molar-refractivity contribution in [3.8, 4) is 5.75 Å². The lowest BCUT2D eigenvalue weighted by Gasteiger charge is -2.23. The van der Waals surface area contributed by atoms with E-state index in [1.165, 1.54) is 0 Å². The summed E-state index contributed by atoms with van der Waals surface area (Å²) in [6, 6.07) is 10.9. The molecule has 80 valence electrons. The Kier molecular flexibility index (Phi) is 2.03. The van der Waals surface area contributed by atoms with Crippen molar-refractivity contribution in [1.82, 2.24) is 0 Å². The first-order valence-electron chi connectivity index (χ1n) is 5.17. The van der Waals surface area contributed by atoms with Crippen LogP contribution in [0.3, 0.4) is 0 Å². The summed E-state index contributed by atoms with van der Waals surface area (Å²) in [5.74, 6) is 1.44. The molecule has 1 aliphatic rings. The largest absolute Gasteiger partial charge is 0.481 e. The van der Waals surface area contributed by atoms with Gasteiger partial charge in [0.05, 0.1) is 18.2 Å². The molecule has 0 spiro atoms. The summed E-state index contributed by atoms with van der Waals surface area (Å²) in [6.07, 6.45) is 1.63. The van der Waals surface area contributed by atoms with Gasteiger partial charge in [-0.1, -0.05) is 12.1 Å². The van der Waals surface area contributed by atoms with Gasteiger partial charge in [0.15, 0.2) is 11.9 Å². The molecular weight excluding hydrogens is 204 g/mol. The first-order valence-corrected chi connectivity index (χ1v) is 5.17. The average molecular weight is 214 g/mol. The van der Waals surface area contributed by atoms with Gasteiger partial charge in [-0.25, -0.2) is 0 Å². The molecule has 1 aliphatic heterocycles. The Morgan fingerprint density at radius 1 is 1.12 bits per heavy atom. The SMILES string of the molecule is O=C1C[C@@H](c2ccco2)Oc2ccccc21. The maximum absolute atomic E-state index is 11.9. The van der Waals surface area contributed by atoms with Gasteiger partial charge in [0, 0.05) is 0 Å². The summed E-state index contributed by atoms with van der Waals surface area (Å²) in [5.41, 5.74) is 0.658. The molecule has 0 aliphatic carbocycles. The molecular formula is C13H10O3. The standard InChI is InChI=1S/C13H10O3/c14-10-8-13(12-6-3-7-15-12)16-11-5-2-1-4-9(10)11/h1-7,13H,8H2/t13-/m0/s1. The van der Waals surface area contributed by atoms with Crippen molar-refractivity contribution in [3.63, 3.8) is 0 Å². The molecule has 1 aromatic carbocycles. The Morgan fingerprint density at radius 3 is 2.81 bits per heavy atom. The number of Topliss-reactive ketones (excluding diaryl/α,β-unsaturated/α-hetero) is 1. The molecule has 0 fully saturated rings. The predicted octanol–water partition coefficient (Wildman–Crippen LogP) is 2.99. The van der Waals surface area contributed by atoms with Gasteiger partial charge in [-0.15, -0.1) is 0 Å². The van der Waals surface area contributed by atoms with Crippen LogP contribution in [0.4, 0.5) is 0 Å². The van der Waals surface area contributed by atoms with Gasteiger partial charge in [-0.2, -0.15) is 0 Å². The van der Waals surface area contributed by atoms with Crippen LogP contribution in [0.5, 0.6) is 5.75 Å². The van der Waals surface area contributed by atoms with E-state index >= 15 is 0 Å². The van der Waals surface area contributed by atoms with Crippen LogP contribution in [0, 0.1) is 0 Å². The lowest BCUT2D eigenvalue weighted by Crippen LogP contribution is -2.19. The molecule has 1 atom stereocenters. The average Bonchev–Trinajstić information content (AvgIpc) is 2.82. The van der Waals surface area contributed by atoms with Crippen LogP contribution in [-0.4, -0.2) is 5.78 Å². The van der Waals surface area contributed by atoms with E-state index in [9.17, 15) is 4.79 Å². The Labute approximate surface area is 92.6 Å². The maximum atomic E-state index is 11.9. The number of ketones is 1. The van der Waals surface area contributed by atoms with Crippen molar-refractivity contribution in [2.24, 2.45) is 0 Å². The minimum absolute atomic E-state index is 0.100. The Bertz CT molecular complexity index is 514. The van der Waals surface area contributed by atoms with Gasteiger partial charge >= 0.3 is 0 Å². The predicted molar refractivity (Wildman–Crippen MR) is 57.5 cm³/mol. The fourth-order valence-corrected chi connectivity index (χ4v) is 1.91. The molecule has 2 heterocycles. The highest BCUT2D eigenvalue weighted by atomic mass is 16.5. The van der Waals surface area contributed by atoms with E-state index in [-0.39, 0.29) is 11.9 Å². The highest BCUT2D eigenvalue weighted by molar-refractivity contribution is 5.99. The van der Waals surface area contributed by atoms with Gasteiger partial charge in [-0.05, 0) is 24.3 Å². The fraction of sp³-hybridized carbons (Fsp3) is 0.154. The van der Waals surface area contributed by atoms with Crippen LogP contribution >= 0.6 is 0 Å². The van der Waals surface area contributed by atoms with Crippen molar-refractivity contribution in [2.45, 2.75) is 12.5 Å². The van der Waals surface area contributed by atoms with E-state index < -0.39 is 0 Å². The molecule has 0 saturated carbocycles. The number of carbonyl (C=O) groups is 1. The number of hydrogen-bond donors (Lipinski definition) is 0. The van der Waals surface area contributed by atoms with Gasteiger partial charge in [-0.3, -0.25) is 4.79 Å². The first kappa shape index (κ1) is 9.21. The molecule has 0 radical (unpaired) electrons. The molecule has 0 N–H and O–H groups in total. The minimum Gasteiger partial charge on any atom is -0.481 e. The third kappa shape index (κ3) is 1.41. The first-order chi connectivity index (χ1) is 7.84. The second-order valence-electron chi connectivity index (χ2n) is 3.75. The van der Waals surface area contributed by atoms with Crippen LogP contribution in [0.2, 0.25) is 0 Å². The number of furan rings is 1. The van der Waals surface area contributed by atoms with Crippen molar-refractivity contribution in [3.05, 3.63) is 54.0 Å². The van der Waals surface area contributed by atoms with E-state index in [1.807, 2.05) is 24.3 Å². The molecule has 0 saturated heterocycles. The quantitative estimate of drug-likeness (QED) is 0.732. The van der Waals surface area contributed by atoms with Crippen LogP contribution in [0.15, 0.2) is 47.1 Å². The number of carbonyl (C=O) groups excluding carboxylic acids is 1. The van der Waals surface area contributed by atoms with E-state index in [2.05, 4.69) is 0 Å². The van der Waals surface area contributed by atoms with Gasteiger partial charge < -0.3 is 9.15 Å². The summed E-state index contributed by atoms with van der Waals surface area (Å²) < 4.78 is 11.0. The smallest absolute Gasteiger partial charge is 0.170 e. The molecule has 0 unspecified atom stereocenters. The fourth-order valence-electron chi connectivity index (χ4n) is 1.91. The second kappa shape index (κ2) is 3.52. The Balaban J connectivity index is 1.98. The summed E-state index contributed by atoms with van der Waals surface area (Å²) >= 11 is 0. The minimum atomic E-state index is -0.294. The van der Waals surface area contributed by atoms with Crippen LogP contribution in [0.1, 0.15) is 28.6 Å². The zero-order chi connectivity index (χ0) is 11.0. The molecule has 16 heavy (non-hydrogen) atoms. The third-order valence-electron chi connectivity index (χ3n) is 2.69. The third-order valence-corrected chi connectivity index (χ3v) is 2.69. The van der Waals surface area contributed by atoms with E-state index in [4.69, 9.17) is 9.15 Å². The van der Waals surface area contributed by atoms with Crippen molar-refractivity contribution in [1.29, 1.82) is 0 Å². The molecule has 3 nitrogen and oxygen atoms in total. The van der Waals surface area contributed by atoms with Crippen molar-refractivity contribution < 1.29 is 13.9 Å².